The molecule has 2 N–H and O–H groups in total. The molecule has 2 amide bonds. The van der Waals surface area contributed by atoms with Crippen LogP contribution in [-0.4, -0.2) is 31.8 Å². The van der Waals surface area contributed by atoms with Crippen molar-refractivity contribution in [2.24, 2.45) is 5.73 Å². The molecule has 1 saturated heterocycles. The zero-order valence-electron chi connectivity index (χ0n) is 14.0. The molecule has 25 heavy (non-hydrogen) atoms. The van der Waals surface area contributed by atoms with Crippen LogP contribution in [-0.2, 0) is 12.0 Å². The highest BCUT2D eigenvalue weighted by atomic mass is 16.2. The van der Waals surface area contributed by atoms with E-state index in [9.17, 15) is 4.79 Å². The molecule has 1 aliphatic heterocycles. The van der Waals surface area contributed by atoms with Crippen molar-refractivity contribution in [3.05, 3.63) is 66.5 Å². The number of primary amides is 1. The Hall–Kier alpha value is -2.89. The minimum absolute atomic E-state index is 0.388. The summed E-state index contributed by atoms with van der Waals surface area (Å²) in [5.41, 5.74) is 7.33. The first kappa shape index (κ1) is 15.6. The topological polar surface area (TPSA) is 76.5 Å². The molecule has 6 nitrogen and oxygen atoms in total. The first-order valence-corrected chi connectivity index (χ1v) is 8.59. The monoisotopic (exact) mass is 335 g/mol. The molecule has 1 fully saturated rings. The predicted molar refractivity (Wildman–Crippen MR) is 95.0 cm³/mol. The third-order valence-electron chi connectivity index (χ3n) is 5.09. The molecule has 0 unspecified atom stereocenters. The summed E-state index contributed by atoms with van der Waals surface area (Å²) in [6, 6.07) is 9.84. The third kappa shape index (κ3) is 2.63. The van der Waals surface area contributed by atoms with E-state index in [1.54, 1.807) is 17.3 Å². The number of benzene rings is 1. The minimum Gasteiger partial charge on any atom is -0.351 e. The molecular weight excluding hydrogens is 314 g/mol. The van der Waals surface area contributed by atoms with E-state index >= 15 is 0 Å². The molecule has 0 radical (unpaired) electrons. The molecule has 3 heterocycles. The Kier molecular flexibility index (Phi) is 3.87. The van der Waals surface area contributed by atoms with Crippen LogP contribution in [0.3, 0.4) is 0 Å². The van der Waals surface area contributed by atoms with E-state index in [0.717, 1.165) is 30.6 Å². The molecule has 0 saturated carbocycles. The second-order valence-corrected chi connectivity index (χ2v) is 6.59. The Morgan fingerprint density at radius 1 is 1.20 bits per heavy atom. The molecule has 2 aromatic heterocycles. The summed E-state index contributed by atoms with van der Waals surface area (Å²) in [5.74, 6) is 0.854. The quantitative estimate of drug-likeness (QED) is 0.799. The number of hydrogen-bond donors (Lipinski definition) is 1. The van der Waals surface area contributed by atoms with Gasteiger partial charge in [-0.3, -0.25) is 9.38 Å². The Morgan fingerprint density at radius 2 is 2.04 bits per heavy atom. The zero-order chi connectivity index (χ0) is 17.3. The number of urea groups is 1. The number of likely N-dealkylation sites (tertiary alicyclic amines) is 1. The zero-order valence-corrected chi connectivity index (χ0v) is 14.0. The van der Waals surface area contributed by atoms with Gasteiger partial charge in [-0.15, -0.1) is 0 Å². The Labute approximate surface area is 146 Å². The van der Waals surface area contributed by atoms with E-state index < -0.39 is 5.54 Å². The molecule has 1 atom stereocenters. The van der Waals surface area contributed by atoms with Gasteiger partial charge in [0.25, 0.3) is 0 Å². The maximum Gasteiger partial charge on any atom is 0.315 e. The summed E-state index contributed by atoms with van der Waals surface area (Å²) in [6.45, 7) is 0.655. The number of hydrogen-bond acceptors (Lipinski definition) is 3. The van der Waals surface area contributed by atoms with Crippen LogP contribution < -0.4 is 5.73 Å². The fourth-order valence-electron chi connectivity index (χ4n) is 3.98. The summed E-state index contributed by atoms with van der Waals surface area (Å²) in [4.78, 5) is 23.0. The molecule has 0 spiro atoms. The van der Waals surface area contributed by atoms with E-state index in [1.807, 2.05) is 35.0 Å². The highest BCUT2D eigenvalue weighted by Gasteiger charge is 2.45. The summed E-state index contributed by atoms with van der Waals surface area (Å²) in [5, 5.41) is 0. The molecule has 0 bridgehead atoms. The highest BCUT2D eigenvalue weighted by Crippen LogP contribution is 2.40. The second kappa shape index (κ2) is 6.20. The van der Waals surface area contributed by atoms with Gasteiger partial charge < -0.3 is 10.6 Å². The first-order valence-electron chi connectivity index (χ1n) is 8.59. The maximum absolute atomic E-state index is 12.3. The van der Waals surface area contributed by atoms with E-state index in [4.69, 9.17) is 10.7 Å². The van der Waals surface area contributed by atoms with Gasteiger partial charge in [-0.05, 0) is 24.8 Å². The number of nitrogens with two attached hydrogens (primary N) is 1. The lowest BCUT2D eigenvalue weighted by Gasteiger charge is -2.45. The van der Waals surface area contributed by atoms with Gasteiger partial charge in [0.15, 0.2) is 0 Å². The van der Waals surface area contributed by atoms with Crippen LogP contribution in [0.4, 0.5) is 4.79 Å². The lowest BCUT2D eigenvalue weighted by molar-refractivity contribution is 0.0712. The van der Waals surface area contributed by atoms with Crippen LogP contribution in [0.1, 0.15) is 30.7 Å². The standard InChI is InChI=1S/C19H21N5O/c20-18(25)24-10-5-4-8-19(24,12-15-6-2-1-3-7-15)17-22-14-16-13-21-9-11-23(16)17/h1-3,6-7,9,11,13-14H,4-5,8,10,12H2,(H2,20,25)/t19-/m0/s1. The third-order valence-corrected chi connectivity index (χ3v) is 5.09. The fraction of sp³-hybridized carbons (Fsp3) is 0.316. The van der Waals surface area contributed by atoms with Crippen LogP contribution in [0, 0.1) is 0 Å². The van der Waals surface area contributed by atoms with Crippen molar-refractivity contribution in [2.45, 2.75) is 31.2 Å². The number of nitrogens with zero attached hydrogens (tertiary/aromatic N) is 4. The molecule has 1 aromatic carbocycles. The number of rotatable bonds is 3. The van der Waals surface area contributed by atoms with Crippen molar-refractivity contribution < 1.29 is 4.79 Å². The van der Waals surface area contributed by atoms with Crippen LogP contribution >= 0.6 is 0 Å². The first-order chi connectivity index (χ1) is 12.2. The molecular formula is C19H21N5O. The second-order valence-electron chi connectivity index (χ2n) is 6.59. The SMILES string of the molecule is NC(=O)N1CCCC[C@]1(Cc1ccccc1)c1ncc2cnccn12. The van der Waals surface area contributed by atoms with Crippen molar-refractivity contribution in [3.8, 4) is 0 Å². The van der Waals surface area contributed by atoms with Crippen LogP contribution in [0.15, 0.2) is 55.1 Å². The van der Waals surface area contributed by atoms with E-state index in [2.05, 4.69) is 17.1 Å². The molecule has 6 heteroatoms. The Bertz CT molecular complexity index is 891. The van der Waals surface area contributed by atoms with Crippen molar-refractivity contribution in [1.82, 2.24) is 19.3 Å². The van der Waals surface area contributed by atoms with Gasteiger partial charge in [0.2, 0.25) is 0 Å². The summed E-state index contributed by atoms with van der Waals surface area (Å²) in [7, 11) is 0. The maximum atomic E-state index is 12.3. The van der Waals surface area contributed by atoms with Crippen molar-refractivity contribution >= 4 is 11.5 Å². The van der Waals surface area contributed by atoms with Crippen molar-refractivity contribution in [1.29, 1.82) is 0 Å². The fourth-order valence-corrected chi connectivity index (χ4v) is 3.98. The summed E-state index contributed by atoms with van der Waals surface area (Å²) >= 11 is 0. The van der Waals surface area contributed by atoms with E-state index in [0.29, 0.717) is 13.0 Å². The number of imidazole rings is 1. The van der Waals surface area contributed by atoms with E-state index in [1.165, 1.54) is 5.56 Å². The van der Waals surface area contributed by atoms with Gasteiger partial charge in [-0.2, -0.15) is 0 Å². The van der Waals surface area contributed by atoms with Gasteiger partial charge in [-0.1, -0.05) is 30.3 Å². The van der Waals surface area contributed by atoms with Crippen molar-refractivity contribution in [3.63, 3.8) is 0 Å². The number of fused-ring (bicyclic) bond motifs is 1. The predicted octanol–water partition coefficient (Wildman–Crippen LogP) is 2.73. The largest absolute Gasteiger partial charge is 0.351 e. The van der Waals surface area contributed by atoms with E-state index in [-0.39, 0.29) is 6.03 Å². The Morgan fingerprint density at radius 3 is 2.84 bits per heavy atom. The van der Waals surface area contributed by atoms with Crippen molar-refractivity contribution in [2.75, 3.05) is 6.54 Å². The van der Waals surface area contributed by atoms with Gasteiger partial charge in [0, 0.05) is 25.4 Å². The minimum atomic E-state index is -0.542. The van der Waals surface area contributed by atoms with Gasteiger partial charge in [0.05, 0.1) is 17.9 Å². The van der Waals surface area contributed by atoms with Crippen LogP contribution in [0.2, 0.25) is 0 Å². The van der Waals surface area contributed by atoms with Crippen LogP contribution in [0.5, 0.6) is 0 Å². The summed E-state index contributed by atoms with van der Waals surface area (Å²) < 4.78 is 2.02. The number of amides is 2. The van der Waals surface area contributed by atoms with Gasteiger partial charge >= 0.3 is 6.03 Å². The lowest BCUT2D eigenvalue weighted by Crippen LogP contribution is -2.56. The van der Waals surface area contributed by atoms with Gasteiger partial charge in [-0.25, -0.2) is 9.78 Å². The lowest BCUT2D eigenvalue weighted by atomic mass is 9.80. The number of carbonyl (C=O) groups is 1. The number of carbonyl (C=O) groups excluding carboxylic acids is 1. The molecule has 128 valence electrons. The normalized spacial score (nSPS) is 20.7. The smallest absolute Gasteiger partial charge is 0.315 e. The van der Waals surface area contributed by atoms with Crippen LogP contribution in [0.25, 0.3) is 5.52 Å². The molecule has 0 aliphatic carbocycles. The average molecular weight is 335 g/mol. The highest BCUT2D eigenvalue weighted by molar-refractivity contribution is 5.73. The molecule has 3 aromatic rings. The summed E-state index contributed by atoms with van der Waals surface area (Å²) in [6.07, 6.45) is 10.8. The van der Waals surface area contributed by atoms with Gasteiger partial charge in [0.1, 0.15) is 11.4 Å². The molecule has 4 rings (SSSR count). The Balaban J connectivity index is 1.90. The number of aromatic nitrogens is 3. The molecule has 1 aliphatic rings. The average Bonchev–Trinajstić information content (AvgIpc) is 3.07. The number of piperidine rings is 1.